The predicted octanol–water partition coefficient (Wildman–Crippen LogP) is 1.33. The number of amides is 2. The van der Waals surface area contributed by atoms with Crippen molar-refractivity contribution in [3.8, 4) is 5.75 Å². The molecule has 4 atom stereocenters. The minimum Gasteiger partial charge on any atom is -0.497 e. The highest BCUT2D eigenvalue weighted by Gasteiger charge is 2.67. The fraction of sp³-hybridized carbons (Fsp3) is 0.435. The van der Waals surface area contributed by atoms with Crippen molar-refractivity contribution in [2.45, 2.75) is 24.8 Å². The number of nitrogens with zero attached hydrogens (tertiary/aromatic N) is 4. The molecule has 2 bridgehead atoms. The molecule has 0 unspecified atom stereocenters. The molecule has 8 nitrogen and oxygen atoms in total. The van der Waals surface area contributed by atoms with Crippen LogP contribution in [0, 0.1) is 11.8 Å². The van der Waals surface area contributed by atoms with Gasteiger partial charge in [0.05, 0.1) is 38.1 Å². The molecule has 4 heterocycles. The quantitative estimate of drug-likeness (QED) is 0.630. The summed E-state index contributed by atoms with van der Waals surface area (Å²) in [5.74, 6) is -0.284. The van der Waals surface area contributed by atoms with Gasteiger partial charge < -0.3 is 19.3 Å². The second-order valence-corrected chi connectivity index (χ2v) is 8.47. The van der Waals surface area contributed by atoms with Crippen LogP contribution in [0.1, 0.15) is 5.56 Å². The van der Waals surface area contributed by atoms with Gasteiger partial charge in [-0.25, -0.2) is 0 Å². The Morgan fingerprint density at radius 1 is 1.39 bits per heavy atom. The van der Waals surface area contributed by atoms with Gasteiger partial charge in [-0.1, -0.05) is 24.3 Å². The lowest BCUT2D eigenvalue weighted by Crippen LogP contribution is -2.45. The van der Waals surface area contributed by atoms with Crippen LogP contribution in [0.5, 0.6) is 5.75 Å². The molecule has 2 saturated heterocycles. The van der Waals surface area contributed by atoms with E-state index in [4.69, 9.17) is 9.47 Å². The minimum absolute atomic E-state index is 0.0199. The number of aromatic nitrogens is 2. The first-order valence-corrected chi connectivity index (χ1v) is 10.5. The summed E-state index contributed by atoms with van der Waals surface area (Å²) in [6.45, 7) is 2.05. The summed E-state index contributed by atoms with van der Waals surface area (Å²) in [5, 5.41) is 4.18. The number of likely N-dealkylation sites (tertiary alicyclic amines) is 1. The second-order valence-electron chi connectivity index (χ2n) is 8.47. The van der Waals surface area contributed by atoms with Crippen molar-refractivity contribution in [3.05, 3.63) is 60.4 Å². The van der Waals surface area contributed by atoms with E-state index in [0.717, 1.165) is 11.3 Å². The zero-order chi connectivity index (χ0) is 21.6. The fourth-order valence-electron chi connectivity index (χ4n) is 5.04. The standard InChI is InChI=1S/C23H26N4O4/c1-25(11-12-27-10-4-9-24-27)21(28)19-18-7-8-23(31-18)15-26(22(29)20(19)23)14-16-5-3-6-17(13-16)30-2/h3-10,13,18-20H,11-12,14-15H2,1-2H3/t18-,19-,20+,23-/m0/s1. The van der Waals surface area contributed by atoms with Gasteiger partial charge in [-0.2, -0.15) is 5.10 Å². The fourth-order valence-corrected chi connectivity index (χ4v) is 5.04. The zero-order valence-corrected chi connectivity index (χ0v) is 17.7. The Balaban J connectivity index is 1.32. The van der Waals surface area contributed by atoms with Gasteiger partial charge in [-0.3, -0.25) is 14.3 Å². The van der Waals surface area contributed by atoms with Crippen LogP contribution in [0.3, 0.4) is 0 Å². The monoisotopic (exact) mass is 422 g/mol. The van der Waals surface area contributed by atoms with Crippen LogP contribution in [-0.4, -0.2) is 70.3 Å². The maximum absolute atomic E-state index is 13.4. The molecule has 162 valence electrons. The van der Waals surface area contributed by atoms with Crippen molar-refractivity contribution in [2.24, 2.45) is 11.8 Å². The van der Waals surface area contributed by atoms with Crippen molar-refractivity contribution in [1.82, 2.24) is 19.6 Å². The maximum Gasteiger partial charge on any atom is 0.230 e. The average Bonchev–Trinajstić information content (AvgIpc) is 3.55. The van der Waals surface area contributed by atoms with Crippen LogP contribution in [0.2, 0.25) is 0 Å². The van der Waals surface area contributed by atoms with Crippen molar-refractivity contribution >= 4 is 11.8 Å². The Morgan fingerprint density at radius 2 is 2.26 bits per heavy atom. The number of carbonyl (C=O) groups excluding carboxylic acids is 2. The number of rotatable bonds is 7. The summed E-state index contributed by atoms with van der Waals surface area (Å²) in [7, 11) is 3.40. The van der Waals surface area contributed by atoms with Gasteiger partial charge in [0.1, 0.15) is 11.4 Å². The van der Waals surface area contributed by atoms with Gasteiger partial charge in [0.2, 0.25) is 11.8 Å². The molecule has 2 aromatic rings. The van der Waals surface area contributed by atoms with Crippen molar-refractivity contribution < 1.29 is 19.1 Å². The Kier molecular flexibility index (Phi) is 4.81. The number of benzene rings is 1. The first-order valence-electron chi connectivity index (χ1n) is 10.5. The van der Waals surface area contributed by atoms with Crippen molar-refractivity contribution in [1.29, 1.82) is 0 Å². The molecule has 0 aliphatic carbocycles. The van der Waals surface area contributed by atoms with E-state index < -0.39 is 17.4 Å². The first kappa shape index (κ1) is 19.8. The van der Waals surface area contributed by atoms with E-state index in [2.05, 4.69) is 5.10 Å². The van der Waals surface area contributed by atoms with E-state index in [1.807, 2.05) is 48.7 Å². The minimum atomic E-state index is -0.705. The predicted molar refractivity (Wildman–Crippen MR) is 112 cm³/mol. The van der Waals surface area contributed by atoms with E-state index in [-0.39, 0.29) is 17.9 Å². The molecular formula is C23H26N4O4. The first-order chi connectivity index (χ1) is 15.0. The Labute approximate surface area is 181 Å². The highest BCUT2D eigenvalue weighted by atomic mass is 16.5. The molecule has 0 N–H and O–H groups in total. The van der Waals surface area contributed by atoms with Crippen LogP contribution in [-0.2, 0) is 27.4 Å². The third-order valence-electron chi connectivity index (χ3n) is 6.57. The van der Waals surface area contributed by atoms with Crippen molar-refractivity contribution in [3.63, 3.8) is 0 Å². The Bertz CT molecular complexity index is 1020. The normalized spacial score (nSPS) is 28.3. The number of carbonyl (C=O) groups is 2. The third-order valence-corrected chi connectivity index (χ3v) is 6.57. The summed E-state index contributed by atoms with van der Waals surface area (Å²) < 4.78 is 13.3. The number of methoxy groups -OCH3 is 1. The molecule has 0 saturated carbocycles. The number of likely N-dealkylation sites (N-methyl/N-ethyl adjacent to an activating group) is 1. The Hall–Kier alpha value is -3.13. The molecule has 5 rings (SSSR count). The number of hydrogen-bond donors (Lipinski definition) is 0. The molecule has 0 radical (unpaired) electrons. The molecular weight excluding hydrogens is 396 g/mol. The highest BCUT2D eigenvalue weighted by molar-refractivity contribution is 5.93. The summed E-state index contributed by atoms with van der Waals surface area (Å²) in [6, 6.07) is 9.55. The maximum atomic E-state index is 13.4. The van der Waals surface area contributed by atoms with Crippen LogP contribution < -0.4 is 4.74 Å². The van der Waals surface area contributed by atoms with Gasteiger partial charge in [0.15, 0.2) is 0 Å². The lowest BCUT2D eigenvalue weighted by Gasteiger charge is -2.27. The molecule has 2 amide bonds. The van der Waals surface area contributed by atoms with E-state index in [1.165, 1.54) is 0 Å². The number of fused-ring (bicyclic) bond motifs is 1. The summed E-state index contributed by atoms with van der Waals surface area (Å²) >= 11 is 0. The molecule has 1 aromatic heterocycles. The third kappa shape index (κ3) is 3.31. The molecule has 8 heteroatoms. The van der Waals surface area contributed by atoms with Gasteiger partial charge >= 0.3 is 0 Å². The van der Waals surface area contributed by atoms with Crippen LogP contribution in [0.25, 0.3) is 0 Å². The number of ether oxygens (including phenoxy) is 2. The summed E-state index contributed by atoms with van der Waals surface area (Å²) in [6.07, 6.45) is 7.18. The largest absolute Gasteiger partial charge is 0.497 e. The van der Waals surface area contributed by atoms with Crippen LogP contribution >= 0.6 is 0 Å². The molecule has 2 fully saturated rings. The van der Waals surface area contributed by atoms with Gasteiger partial charge in [0, 0.05) is 32.5 Å². The zero-order valence-electron chi connectivity index (χ0n) is 17.7. The average molecular weight is 422 g/mol. The van der Waals surface area contributed by atoms with E-state index in [0.29, 0.717) is 26.2 Å². The highest BCUT2D eigenvalue weighted by Crippen LogP contribution is 2.52. The molecule has 31 heavy (non-hydrogen) atoms. The SMILES string of the molecule is COc1cccc(CN2C[C@]34C=C[C@H](O3)[C@H](C(=O)N(C)CCn3cccn3)[C@@H]4C2=O)c1. The lowest BCUT2D eigenvalue weighted by molar-refractivity contribution is -0.142. The van der Waals surface area contributed by atoms with Gasteiger partial charge in [0.25, 0.3) is 0 Å². The van der Waals surface area contributed by atoms with Crippen LogP contribution in [0.15, 0.2) is 54.9 Å². The molecule has 1 spiro atoms. The molecule has 1 aromatic carbocycles. The Morgan fingerprint density at radius 3 is 3.03 bits per heavy atom. The van der Waals surface area contributed by atoms with Gasteiger partial charge in [-0.05, 0) is 23.8 Å². The molecule has 3 aliphatic rings. The second kappa shape index (κ2) is 7.53. The van der Waals surface area contributed by atoms with E-state index >= 15 is 0 Å². The lowest BCUT2D eigenvalue weighted by atomic mass is 9.76. The summed E-state index contributed by atoms with van der Waals surface area (Å²) in [4.78, 5) is 30.2. The number of hydrogen-bond acceptors (Lipinski definition) is 5. The van der Waals surface area contributed by atoms with Crippen LogP contribution in [0.4, 0.5) is 0 Å². The molecule has 3 aliphatic heterocycles. The van der Waals surface area contributed by atoms with E-state index in [9.17, 15) is 9.59 Å². The van der Waals surface area contributed by atoms with E-state index in [1.54, 1.807) is 34.8 Å². The van der Waals surface area contributed by atoms with Crippen molar-refractivity contribution in [2.75, 3.05) is 27.2 Å². The smallest absolute Gasteiger partial charge is 0.230 e. The topological polar surface area (TPSA) is 76.9 Å². The van der Waals surface area contributed by atoms with Gasteiger partial charge in [-0.15, -0.1) is 0 Å². The summed E-state index contributed by atoms with van der Waals surface area (Å²) in [5.41, 5.74) is 0.283.